The minimum absolute atomic E-state index is 0.190. The average Bonchev–Trinajstić information content (AvgIpc) is 2.55. The molecule has 1 amide bonds. The van der Waals surface area contributed by atoms with E-state index in [9.17, 15) is 4.79 Å². The molecular formula is C17H22N2O2S. The quantitative estimate of drug-likeness (QED) is 0.684. The fourth-order valence-corrected chi connectivity index (χ4v) is 2.62. The van der Waals surface area contributed by atoms with E-state index in [0.717, 1.165) is 37.2 Å². The third-order valence-electron chi connectivity index (χ3n) is 3.49. The van der Waals surface area contributed by atoms with Crippen molar-refractivity contribution in [2.45, 2.75) is 26.2 Å². The maximum absolute atomic E-state index is 11.9. The van der Waals surface area contributed by atoms with Crippen LogP contribution in [0, 0.1) is 0 Å². The van der Waals surface area contributed by atoms with Crippen molar-refractivity contribution in [2.75, 3.05) is 19.7 Å². The van der Waals surface area contributed by atoms with Gasteiger partial charge in [-0.3, -0.25) is 10.1 Å². The summed E-state index contributed by atoms with van der Waals surface area (Å²) >= 11 is 5.27. The van der Waals surface area contributed by atoms with Gasteiger partial charge in [0.2, 0.25) is 5.91 Å². The van der Waals surface area contributed by atoms with Crippen LogP contribution in [0.2, 0.25) is 0 Å². The number of carbonyl (C=O) groups is 1. The molecule has 1 aliphatic rings. The Balaban J connectivity index is 1.83. The van der Waals surface area contributed by atoms with Crippen LogP contribution in [-0.4, -0.2) is 35.6 Å². The Bertz CT molecular complexity index is 534. The predicted molar refractivity (Wildman–Crippen MR) is 92.8 cm³/mol. The Hall–Kier alpha value is -1.88. The molecule has 0 aromatic heterocycles. The van der Waals surface area contributed by atoms with Crippen molar-refractivity contribution in [1.29, 1.82) is 0 Å². The molecule has 1 saturated heterocycles. The molecule has 2 rings (SSSR count). The van der Waals surface area contributed by atoms with E-state index < -0.39 is 0 Å². The van der Waals surface area contributed by atoms with E-state index in [1.807, 2.05) is 31.2 Å². The number of nitrogens with one attached hydrogen (secondary N) is 1. The van der Waals surface area contributed by atoms with E-state index in [0.29, 0.717) is 11.7 Å². The lowest BCUT2D eigenvalue weighted by atomic mass is 10.1. The molecule has 22 heavy (non-hydrogen) atoms. The fraction of sp³-hybridized carbons (Fsp3) is 0.412. The highest BCUT2D eigenvalue weighted by atomic mass is 32.1. The normalized spacial score (nSPS) is 14.9. The first-order valence-corrected chi connectivity index (χ1v) is 8.10. The molecule has 1 aliphatic heterocycles. The van der Waals surface area contributed by atoms with E-state index in [1.165, 1.54) is 12.5 Å². The molecule has 0 aliphatic carbocycles. The molecule has 1 N–H and O–H groups in total. The van der Waals surface area contributed by atoms with E-state index >= 15 is 0 Å². The number of hydrogen-bond donors (Lipinski definition) is 1. The van der Waals surface area contributed by atoms with Crippen molar-refractivity contribution in [2.24, 2.45) is 0 Å². The second-order valence-corrected chi connectivity index (χ2v) is 5.56. The summed E-state index contributed by atoms with van der Waals surface area (Å²) in [5.41, 5.74) is 0.947. The molecular weight excluding hydrogens is 296 g/mol. The minimum Gasteiger partial charge on any atom is -0.494 e. The van der Waals surface area contributed by atoms with Crippen LogP contribution in [0.15, 0.2) is 30.3 Å². The molecule has 0 bridgehead atoms. The molecule has 0 unspecified atom stereocenters. The van der Waals surface area contributed by atoms with Gasteiger partial charge in [-0.1, -0.05) is 12.1 Å². The van der Waals surface area contributed by atoms with Gasteiger partial charge in [-0.25, -0.2) is 0 Å². The van der Waals surface area contributed by atoms with Gasteiger partial charge in [-0.05, 0) is 62.2 Å². The lowest BCUT2D eigenvalue weighted by Crippen LogP contribution is -2.44. The first-order valence-electron chi connectivity index (χ1n) is 7.70. The Morgan fingerprint density at radius 2 is 1.95 bits per heavy atom. The van der Waals surface area contributed by atoms with E-state index in [2.05, 4.69) is 10.2 Å². The van der Waals surface area contributed by atoms with Gasteiger partial charge in [0.15, 0.2) is 5.11 Å². The van der Waals surface area contributed by atoms with Gasteiger partial charge in [0, 0.05) is 19.2 Å². The molecule has 118 valence electrons. The third-order valence-corrected chi connectivity index (χ3v) is 3.85. The van der Waals surface area contributed by atoms with Crippen LogP contribution in [0.5, 0.6) is 5.75 Å². The number of amides is 1. The van der Waals surface area contributed by atoms with Crippen LogP contribution in [-0.2, 0) is 4.79 Å². The summed E-state index contributed by atoms with van der Waals surface area (Å²) in [6.45, 7) is 4.46. The second kappa shape index (κ2) is 8.54. The molecule has 5 heteroatoms. The largest absolute Gasteiger partial charge is 0.494 e. The maximum atomic E-state index is 11.9. The summed E-state index contributed by atoms with van der Waals surface area (Å²) in [6.07, 6.45) is 6.79. The summed E-state index contributed by atoms with van der Waals surface area (Å²) in [4.78, 5) is 14.0. The topological polar surface area (TPSA) is 41.6 Å². The van der Waals surface area contributed by atoms with Crippen LogP contribution in [0.4, 0.5) is 0 Å². The molecule has 1 aromatic rings. The Labute approximate surface area is 137 Å². The third kappa shape index (κ3) is 5.15. The first kappa shape index (κ1) is 16.5. The van der Waals surface area contributed by atoms with Crippen molar-refractivity contribution in [3.63, 3.8) is 0 Å². The highest BCUT2D eigenvalue weighted by molar-refractivity contribution is 7.80. The number of ether oxygens (including phenoxy) is 1. The molecule has 0 saturated carbocycles. The zero-order chi connectivity index (χ0) is 15.8. The molecule has 1 heterocycles. The van der Waals surface area contributed by atoms with Crippen LogP contribution in [0.25, 0.3) is 6.08 Å². The Kier molecular flexibility index (Phi) is 6.40. The van der Waals surface area contributed by atoms with E-state index in [-0.39, 0.29) is 5.91 Å². The standard InChI is InChI=1S/C17H22N2O2S/c1-2-21-15-9-6-14(7-10-15)8-11-16(20)18-17(22)19-12-4-3-5-13-19/h6-11H,2-5,12-13H2,1H3,(H,18,20,22)/b11-8+. The number of thiocarbonyl (C=S) groups is 1. The maximum Gasteiger partial charge on any atom is 0.250 e. The molecule has 4 nitrogen and oxygen atoms in total. The zero-order valence-corrected chi connectivity index (χ0v) is 13.7. The van der Waals surface area contributed by atoms with Crippen LogP contribution < -0.4 is 10.1 Å². The van der Waals surface area contributed by atoms with Crippen LogP contribution in [0.3, 0.4) is 0 Å². The summed E-state index contributed by atoms with van der Waals surface area (Å²) in [5.74, 6) is 0.639. The molecule has 1 fully saturated rings. The first-order chi connectivity index (χ1) is 10.7. The van der Waals surface area contributed by atoms with Crippen LogP contribution >= 0.6 is 12.2 Å². The number of nitrogens with zero attached hydrogens (tertiary/aromatic N) is 1. The lowest BCUT2D eigenvalue weighted by Gasteiger charge is -2.28. The SMILES string of the molecule is CCOc1ccc(/C=C/C(=O)NC(=S)N2CCCCC2)cc1. The molecule has 1 aromatic carbocycles. The van der Waals surface area contributed by atoms with Crippen molar-refractivity contribution < 1.29 is 9.53 Å². The van der Waals surface area contributed by atoms with Gasteiger partial charge < -0.3 is 9.64 Å². The number of benzene rings is 1. The number of hydrogen-bond acceptors (Lipinski definition) is 3. The summed E-state index contributed by atoms with van der Waals surface area (Å²) < 4.78 is 5.38. The van der Waals surface area contributed by atoms with Gasteiger partial charge in [0.05, 0.1) is 6.61 Å². The van der Waals surface area contributed by atoms with Crippen LogP contribution in [0.1, 0.15) is 31.7 Å². The number of rotatable bonds is 4. The number of carbonyl (C=O) groups excluding carboxylic acids is 1. The summed E-state index contributed by atoms with van der Waals surface area (Å²) in [5, 5.41) is 3.29. The molecule has 0 spiro atoms. The summed E-state index contributed by atoms with van der Waals surface area (Å²) in [7, 11) is 0. The van der Waals surface area contributed by atoms with Gasteiger partial charge in [-0.2, -0.15) is 0 Å². The van der Waals surface area contributed by atoms with Gasteiger partial charge in [0.1, 0.15) is 5.75 Å². The number of likely N-dealkylation sites (tertiary alicyclic amines) is 1. The zero-order valence-electron chi connectivity index (χ0n) is 12.9. The summed E-state index contributed by atoms with van der Waals surface area (Å²) in [6, 6.07) is 7.61. The fourth-order valence-electron chi connectivity index (χ4n) is 2.34. The molecule has 0 atom stereocenters. The lowest BCUT2D eigenvalue weighted by molar-refractivity contribution is -0.115. The van der Waals surface area contributed by atoms with E-state index in [4.69, 9.17) is 17.0 Å². The van der Waals surface area contributed by atoms with Crippen molar-refractivity contribution >= 4 is 29.3 Å². The molecule has 0 radical (unpaired) electrons. The predicted octanol–water partition coefficient (Wildman–Crippen LogP) is 2.99. The monoisotopic (exact) mass is 318 g/mol. The van der Waals surface area contributed by atoms with Crippen molar-refractivity contribution in [3.05, 3.63) is 35.9 Å². The average molecular weight is 318 g/mol. The van der Waals surface area contributed by atoms with Crippen molar-refractivity contribution in [3.8, 4) is 5.75 Å². The second-order valence-electron chi connectivity index (χ2n) is 5.18. The minimum atomic E-state index is -0.190. The van der Waals surface area contributed by atoms with Crippen molar-refractivity contribution in [1.82, 2.24) is 10.2 Å². The smallest absolute Gasteiger partial charge is 0.250 e. The van der Waals surface area contributed by atoms with Gasteiger partial charge in [-0.15, -0.1) is 0 Å². The Morgan fingerprint density at radius 1 is 1.27 bits per heavy atom. The Morgan fingerprint density at radius 3 is 2.59 bits per heavy atom. The number of piperidine rings is 1. The van der Waals surface area contributed by atoms with E-state index in [1.54, 1.807) is 6.08 Å². The highest BCUT2D eigenvalue weighted by Gasteiger charge is 2.14. The highest BCUT2D eigenvalue weighted by Crippen LogP contribution is 2.13. The van der Waals surface area contributed by atoms with Gasteiger partial charge >= 0.3 is 0 Å². The van der Waals surface area contributed by atoms with Gasteiger partial charge in [0.25, 0.3) is 0 Å².